The van der Waals surface area contributed by atoms with Crippen molar-refractivity contribution in [2.75, 3.05) is 0 Å². The third-order valence-corrected chi connectivity index (χ3v) is 5.36. The van der Waals surface area contributed by atoms with Gasteiger partial charge >= 0.3 is 0 Å². The third-order valence-electron chi connectivity index (χ3n) is 3.89. The molecule has 1 amide bonds. The van der Waals surface area contributed by atoms with Gasteiger partial charge < -0.3 is 5.32 Å². The standard InChI is InChI=1S/C14H17ClFNO3S/c1-9-7-11(16)10(8-12(9)21(15,19)20)13(18)17-14(2)5-3-4-6-14/h7-8H,3-6H2,1-2H3,(H,17,18). The van der Waals surface area contributed by atoms with Crippen LogP contribution in [0.1, 0.15) is 48.5 Å². The van der Waals surface area contributed by atoms with Gasteiger partial charge in [0.05, 0.1) is 10.5 Å². The van der Waals surface area contributed by atoms with E-state index in [-0.39, 0.29) is 21.6 Å². The first-order valence-corrected chi connectivity index (χ1v) is 9.01. The van der Waals surface area contributed by atoms with Crippen LogP contribution in [0.2, 0.25) is 0 Å². The van der Waals surface area contributed by atoms with Gasteiger partial charge in [0.2, 0.25) is 0 Å². The topological polar surface area (TPSA) is 63.2 Å². The molecule has 1 aliphatic rings. The third kappa shape index (κ3) is 3.55. The molecule has 1 aromatic carbocycles. The van der Waals surface area contributed by atoms with Crippen LogP contribution in [0.4, 0.5) is 4.39 Å². The Balaban J connectivity index is 2.37. The molecule has 0 unspecified atom stereocenters. The van der Waals surface area contributed by atoms with Gasteiger partial charge in [0.15, 0.2) is 0 Å². The molecule has 0 atom stereocenters. The average Bonchev–Trinajstić information content (AvgIpc) is 2.73. The lowest BCUT2D eigenvalue weighted by atomic mass is 10.00. The molecular weight excluding hydrogens is 317 g/mol. The Morgan fingerprint density at radius 3 is 2.43 bits per heavy atom. The Labute approximate surface area is 128 Å². The van der Waals surface area contributed by atoms with E-state index in [0.29, 0.717) is 0 Å². The SMILES string of the molecule is Cc1cc(F)c(C(=O)NC2(C)CCCC2)cc1S(=O)(=O)Cl. The summed E-state index contributed by atoms with van der Waals surface area (Å²) in [6.07, 6.45) is 3.67. The maximum atomic E-state index is 14.0. The van der Waals surface area contributed by atoms with Gasteiger partial charge in [-0.25, -0.2) is 12.8 Å². The number of rotatable bonds is 3. The lowest BCUT2D eigenvalue weighted by Crippen LogP contribution is -2.43. The minimum Gasteiger partial charge on any atom is -0.347 e. The van der Waals surface area contributed by atoms with Crippen molar-refractivity contribution in [2.24, 2.45) is 0 Å². The van der Waals surface area contributed by atoms with Crippen LogP contribution in [0.25, 0.3) is 0 Å². The number of nitrogens with one attached hydrogen (secondary N) is 1. The minimum absolute atomic E-state index is 0.172. The summed E-state index contributed by atoms with van der Waals surface area (Å²) in [5.74, 6) is -1.37. The zero-order valence-corrected chi connectivity index (χ0v) is 13.4. The highest BCUT2D eigenvalue weighted by atomic mass is 35.7. The zero-order valence-electron chi connectivity index (χ0n) is 11.9. The molecule has 0 saturated heterocycles. The lowest BCUT2D eigenvalue weighted by Gasteiger charge is -2.25. The van der Waals surface area contributed by atoms with E-state index >= 15 is 0 Å². The van der Waals surface area contributed by atoms with Crippen LogP contribution in [-0.4, -0.2) is 19.9 Å². The molecule has 7 heteroatoms. The fourth-order valence-corrected chi connectivity index (χ4v) is 3.91. The second-order valence-corrected chi connectivity index (χ2v) is 8.29. The molecule has 0 spiro atoms. The molecule has 4 nitrogen and oxygen atoms in total. The van der Waals surface area contributed by atoms with Crippen LogP contribution in [0.15, 0.2) is 17.0 Å². The second-order valence-electron chi connectivity index (χ2n) is 5.76. The van der Waals surface area contributed by atoms with E-state index in [2.05, 4.69) is 5.32 Å². The van der Waals surface area contributed by atoms with E-state index in [1.165, 1.54) is 6.92 Å². The fourth-order valence-electron chi connectivity index (χ4n) is 2.71. The predicted octanol–water partition coefficient (Wildman–Crippen LogP) is 3.12. The Kier molecular flexibility index (Phi) is 4.31. The minimum atomic E-state index is -4.02. The second kappa shape index (κ2) is 5.57. The molecule has 0 aliphatic heterocycles. The number of hydrogen-bond donors (Lipinski definition) is 1. The highest BCUT2D eigenvalue weighted by Gasteiger charge is 2.31. The molecule has 1 fully saturated rings. The monoisotopic (exact) mass is 333 g/mol. The maximum Gasteiger partial charge on any atom is 0.261 e. The van der Waals surface area contributed by atoms with Crippen LogP contribution in [-0.2, 0) is 9.05 Å². The first-order valence-electron chi connectivity index (χ1n) is 6.70. The summed E-state index contributed by atoms with van der Waals surface area (Å²) in [6, 6.07) is 2.02. The van der Waals surface area contributed by atoms with Gasteiger partial charge in [-0.2, -0.15) is 0 Å². The molecule has 0 radical (unpaired) electrons. The van der Waals surface area contributed by atoms with E-state index in [4.69, 9.17) is 10.7 Å². The van der Waals surface area contributed by atoms with Crippen molar-refractivity contribution < 1.29 is 17.6 Å². The Morgan fingerprint density at radius 1 is 1.33 bits per heavy atom. The normalized spacial score (nSPS) is 17.7. The molecule has 0 bridgehead atoms. The number of benzene rings is 1. The van der Waals surface area contributed by atoms with Crippen LogP contribution in [0, 0.1) is 12.7 Å². The fraction of sp³-hybridized carbons (Fsp3) is 0.500. The molecule has 1 aromatic rings. The molecule has 0 aromatic heterocycles. The summed E-state index contributed by atoms with van der Waals surface area (Å²) in [7, 11) is 1.29. The summed E-state index contributed by atoms with van der Waals surface area (Å²) in [6.45, 7) is 3.33. The van der Waals surface area contributed by atoms with E-state index in [1.54, 1.807) is 0 Å². The van der Waals surface area contributed by atoms with E-state index in [9.17, 15) is 17.6 Å². The first-order chi connectivity index (χ1) is 9.62. The summed E-state index contributed by atoms with van der Waals surface area (Å²) in [5.41, 5.74) is -0.493. The average molecular weight is 334 g/mol. The van der Waals surface area contributed by atoms with Gasteiger partial charge in [-0.05, 0) is 44.4 Å². The molecular formula is C14H17ClFNO3S. The summed E-state index contributed by atoms with van der Waals surface area (Å²) < 4.78 is 36.9. The largest absolute Gasteiger partial charge is 0.347 e. The van der Waals surface area contributed by atoms with Crippen molar-refractivity contribution in [1.82, 2.24) is 5.32 Å². The number of hydrogen-bond acceptors (Lipinski definition) is 3. The van der Waals surface area contributed by atoms with E-state index < -0.39 is 20.8 Å². The van der Waals surface area contributed by atoms with Crippen LogP contribution in [0.3, 0.4) is 0 Å². The molecule has 116 valence electrons. The number of carbonyl (C=O) groups excluding carboxylic acids is 1. The predicted molar refractivity (Wildman–Crippen MR) is 78.5 cm³/mol. The van der Waals surface area contributed by atoms with E-state index in [0.717, 1.165) is 37.8 Å². The van der Waals surface area contributed by atoms with Crippen molar-refractivity contribution in [1.29, 1.82) is 0 Å². The lowest BCUT2D eigenvalue weighted by molar-refractivity contribution is 0.0903. The Bertz CT molecular complexity index is 682. The van der Waals surface area contributed by atoms with Gasteiger partial charge in [-0.15, -0.1) is 0 Å². The van der Waals surface area contributed by atoms with Gasteiger partial charge in [0.1, 0.15) is 5.82 Å². The van der Waals surface area contributed by atoms with E-state index in [1.807, 2.05) is 6.92 Å². The Morgan fingerprint density at radius 2 is 1.90 bits per heavy atom. The molecule has 0 heterocycles. The van der Waals surface area contributed by atoms with Crippen molar-refractivity contribution >= 4 is 25.6 Å². The smallest absolute Gasteiger partial charge is 0.261 e. The van der Waals surface area contributed by atoms with Crippen LogP contribution < -0.4 is 5.32 Å². The number of aryl methyl sites for hydroxylation is 1. The molecule has 1 N–H and O–H groups in total. The highest BCUT2D eigenvalue weighted by Crippen LogP contribution is 2.30. The summed E-state index contributed by atoms with van der Waals surface area (Å²) in [4.78, 5) is 12.0. The maximum absolute atomic E-state index is 14.0. The Hall–Kier alpha value is -1.14. The number of halogens is 2. The number of amides is 1. The van der Waals surface area contributed by atoms with Gasteiger partial charge in [0.25, 0.3) is 15.0 Å². The highest BCUT2D eigenvalue weighted by molar-refractivity contribution is 8.13. The number of carbonyl (C=O) groups is 1. The molecule has 2 rings (SSSR count). The van der Waals surface area contributed by atoms with Crippen molar-refractivity contribution in [3.8, 4) is 0 Å². The summed E-state index contributed by atoms with van der Waals surface area (Å²) in [5, 5.41) is 2.79. The van der Waals surface area contributed by atoms with Gasteiger partial charge in [0, 0.05) is 16.2 Å². The van der Waals surface area contributed by atoms with Crippen molar-refractivity contribution in [3.05, 3.63) is 29.1 Å². The van der Waals surface area contributed by atoms with Crippen molar-refractivity contribution in [3.63, 3.8) is 0 Å². The van der Waals surface area contributed by atoms with Crippen LogP contribution in [0.5, 0.6) is 0 Å². The first kappa shape index (κ1) is 16.2. The van der Waals surface area contributed by atoms with Gasteiger partial charge in [-0.3, -0.25) is 4.79 Å². The summed E-state index contributed by atoms with van der Waals surface area (Å²) >= 11 is 0. The molecule has 21 heavy (non-hydrogen) atoms. The zero-order chi connectivity index (χ0) is 15.8. The van der Waals surface area contributed by atoms with Crippen molar-refractivity contribution in [2.45, 2.75) is 50.0 Å². The van der Waals surface area contributed by atoms with Gasteiger partial charge in [-0.1, -0.05) is 12.8 Å². The molecule has 1 saturated carbocycles. The quantitative estimate of drug-likeness (QED) is 0.864. The van der Waals surface area contributed by atoms with Crippen LogP contribution >= 0.6 is 10.7 Å². The molecule has 1 aliphatic carbocycles.